The first kappa shape index (κ1) is 30.3. The zero-order valence-electron chi connectivity index (χ0n) is 22.7. The lowest BCUT2D eigenvalue weighted by Gasteiger charge is -2.48. The van der Waals surface area contributed by atoms with Gasteiger partial charge in [-0.2, -0.15) is 0 Å². The molecule has 11 atom stereocenters. The molecular formula is C27H45N5O7. The van der Waals surface area contributed by atoms with Gasteiger partial charge in [0.15, 0.2) is 6.29 Å². The molecule has 0 spiro atoms. The topological polar surface area (TPSA) is 200 Å². The smallest absolute Gasteiger partial charge is 0.215 e. The Labute approximate surface area is 229 Å². The van der Waals surface area contributed by atoms with E-state index in [0.29, 0.717) is 25.1 Å². The molecule has 0 radical (unpaired) electrons. The molecule has 1 saturated carbocycles. The van der Waals surface area contributed by atoms with E-state index in [1.807, 2.05) is 24.3 Å². The summed E-state index contributed by atoms with van der Waals surface area (Å²) in [6.07, 6.45) is -2.51. The number of aliphatic hydroxyl groups is 3. The van der Waals surface area contributed by atoms with Crippen molar-refractivity contribution in [3.8, 4) is 0 Å². The second-order valence-electron chi connectivity index (χ2n) is 11.0. The van der Waals surface area contributed by atoms with E-state index in [9.17, 15) is 15.3 Å². The molecule has 220 valence electrons. The van der Waals surface area contributed by atoms with Gasteiger partial charge in [0.05, 0.1) is 25.2 Å². The second-order valence-corrected chi connectivity index (χ2v) is 11.0. The highest BCUT2D eigenvalue weighted by molar-refractivity contribution is 5.15. The van der Waals surface area contributed by atoms with Crippen LogP contribution >= 0.6 is 0 Å². The summed E-state index contributed by atoms with van der Waals surface area (Å²) >= 11 is 0. The van der Waals surface area contributed by atoms with Crippen molar-refractivity contribution in [3.05, 3.63) is 47.7 Å². The van der Waals surface area contributed by atoms with Gasteiger partial charge in [0.2, 0.25) is 6.29 Å². The van der Waals surface area contributed by atoms with Crippen molar-refractivity contribution >= 4 is 0 Å². The average Bonchev–Trinajstić information content (AvgIpc) is 2.90. The minimum atomic E-state index is -1.30. The van der Waals surface area contributed by atoms with Crippen LogP contribution in [0.4, 0.5) is 0 Å². The predicted octanol–water partition coefficient (Wildman–Crippen LogP) is -1.98. The number of hydrogen-bond acceptors (Lipinski definition) is 12. The molecule has 1 aliphatic carbocycles. The van der Waals surface area contributed by atoms with E-state index >= 15 is 0 Å². The van der Waals surface area contributed by atoms with Crippen molar-refractivity contribution < 1.29 is 34.3 Å². The molecule has 3 aliphatic rings. The van der Waals surface area contributed by atoms with Gasteiger partial charge in [-0.3, -0.25) is 0 Å². The van der Waals surface area contributed by atoms with Gasteiger partial charge in [-0.15, -0.1) is 0 Å². The number of rotatable bonds is 10. The monoisotopic (exact) mass is 551 g/mol. The Hall–Kier alpha value is -1.68. The number of nitrogens with two attached hydrogens (primary N) is 3. The second kappa shape index (κ2) is 13.3. The summed E-state index contributed by atoms with van der Waals surface area (Å²) in [6, 6.07) is 7.84. The molecule has 12 heteroatoms. The van der Waals surface area contributed by atoms with Crippen LogP contribution in [0.2, 0.25) is 0 Å². The van der Waals surface area contributed by atoms with Gasteiger partial charge in [-0.05, 0) is 51.4 Å². The summed E-state index contributed by atoms with van der Waals surface area (Å²) in [6.45, 7) is 2.79. The summed E-state index contributed by atoms with van der Waals surface area (Å²) in [4.78, 5) is 0. The van der Waals surface area contributed by atoms with Crippen molar-refractivity contribution in [3.63, 3.8) is 0 Å². The van der Waals surface area contributed by atoms with E-state index in [2.05, 4.69) is 22.8 Å². The molecular weight excluding hydrogens is 506 g/mol. The first-order chi connectivity index (χ1) is 18.6. The van der Waals surface area contributed by atoms with Crippen molar-refractivity contribution in [2.75, 3.05) is 26.7 Å². The summed E-state index contributed by atoms with van der Waals surface area (Å²) in [7, 11) is 1.63. The normalized spacial score (nSPS) is 41.1. The highest BCUT2D eigenvalue weighted by atomic mass is 16.7. The molecule has 1 saturated heterocycles. The predicted molar refractivity (Wildman–Crippen MR) is 144 cm³/mol. The molecule has 0 aromatic heterocycles. The van der Waals surface area contributed by atoms with Crippen LogP contribution in [0.15, 0.2) is 42.2 Å². The van der Waals surface area contributed by atoms with E-state index < -0.39 is 66.8 Å². The van der Waals surface area contributed by atoms with Crippen LogP contribution in [-0.4, -0.2) is 109 Å². The number of benzene rings is 1. The highest BCUT2D eigenvalue weighted by Gasteiger charge is 2.50. The van der Waals surface area contributed by atoms with Gasteiger partial charge < -0.3 is 62.1 Å². The first-order valence-corrected chi connectivity index (χ1v) is 13.7. The molecule has 1 aromatic rings. The quantitative estimate of drug-likeness (QED) is 0.149. The van der Waals surface area contributed by atoms with E-state index in [4.69, 9.17) is 36.1 Å². The third-order valence-corrected chi connectivity index (χ3v) is 7.75. The Morgan fingerprint density at radius 1 is 1.00 bits per heavy atom. The van der Waals surface area contributed by atoms with Crippen LogP contribution in [0.3, 0.4) is 0 Å². The van der Waals surface area contributed by atoms with Crippen molar-refractivity contribution in [1.82, 2.24) is 10.6 Å². The fourth-order valence-electron chi connectivity index (χ4n) is 5.51. The molecule has 4 rings (SSSR count). The van der Waals surface area contributed by atoms with Crippen molar-refractivity contribution in [1.29, 1.82) is 0 Å². The van der Waals surface area contributed by atoms with Gasteiger partial charge in [-0.25, -0.2) is 0 Å². The lowest BCUT2D eigenvalue weighted by molar-refractivity contribution is -0.303. The Balaban J connectivity index is 1.33. The molecule has 0 amide bonds. The molecule has 1 aromatic carbocycles. The lowest BCUT2D eigenvalue weighted by atomic mass is 9.84. The third-order valence-electron chi connectivity index (χ3n) is 7.75. The van der Waals surface area contributed by atoms with Gasteiger partial charge in [0, 0.05) is 12.1 Å². The highest BCUT2D eigenvalue weighted by Crippen LogP contribution is 2.31. The van der Waals surface area contributed by atoms with Crippen LogP contribution < -0.4 is 27.8 Å². The standard InChI is InChI=1S/C27H45N5O7/c1-27(35)14-36-26(21(34)24(27)31-2)39-23-19(30)12-18(29)22(20(23)33)38-25-17(28)9-8-16(37-25)13-32-11-10-15-6-4-3-5-7-15/h3-8,17-26,31-35H,9-14,28-30H2,1-2H3/t17-,18+,19-,20+,21-,22-,23+,24-,25-,26-,27+/m1/s1. The summed E-state index contributed by atoms with van der Waals surface area (Å²) < 4.78 is 23.8. The number of aliphatic hydroxyl groups excluding tert-OH is 2. The number of ether oxygens (including phenoxy) is 4. The molecule has 11 N–H and O–H groups in total. The SMILES string of the molecule is CN[C@@H]1[C@@H](O)[C@@H](O[C@@H]2[C@@H](O)[C@H](O[C@H]3OC(CNCCc4ccccc4)=CC[C@H]3N)[C@@H](N)C[C@H]2N)OC[C@]1(C)O. The Morgan fingerprint density at radius 2 is 1.67 bits per heavy atom. The molecule has 39 heavy (non-hydrogen) atoms. The summed E-state index contributed by atoms with van der Waals surface area (Å²) in [5.41, 5.74) is 18.9. The number of likely N-dealkylation sites (N-methyl/N-ethyl adjacent to an activating group) is 1. The van der Waals surface area contributed by atoms with Gasteiger partial charge >= 0.3 is 0 Å². The third kappa shape index (κ3) is 7.34. The number of hydrogen-bond donors (Lipinski definition) is 8. The first-order valence-electron chi connectivity index (χ1n) is 13.7. The summed E-state index contributed by atoms with van der Waals surface area (Å²) in [5.74, 6) is 0.710. The maximum atomic E-state index is 11.2. The van der Waals surface area contributed by atoms with Gasteiger partial charge in [0.25, 0.3) is 0 Å². The van der Waals surface area contributed by atoms with Crippen LogP contribution in [0.1, 0.15) is 25.3 Å². The van der Waals surface area contributed by atoms with Crippen LogP contribution in [0, 0.1) is 0 Å². The van der Waals surface area contributed by atoms with Crippen LogP contribution in [0.25, 0.3) is 0 Å². The summed E-state index contributed by atoms with van der Waals surface area (Å²) in [5, 5.41) is 38.8. The molecule has 2 fully saturated rings. The van der Waals surface area contributed by atoms with Crippen molar-refractivity contribution in [2.45, 2.75) is 93.0 Å². The maximum Gasteiger partial charge on any atom is 0.215 e. The Kier molecular flexibility index (Phi) is 10.3. The Morgan fingerprint density at radius 3 is 2.33 bits per heavy atom. The van der Waals surface area contributed by atoms with E-state index in [-0.39, 0.29) is 6.61 Å². The van der Waals surface area contributed by atoms with Crippen LogP contribution in [0.5, 0.6) is 0 Å². The molecule has 0 bridgehead atoms. The molecule has 0 unspecified atom stereocenters. The fraction of sp³-hybridized carbons (Fsp3) is 0.704. The lowest BCUT2D eigenvalue weighted by Crippen LogP contribution is -2.68. The average molecular weight is 552 g/mol. The van der Waals surface area contributed by atoms with Crippen LogP contribution in [-0.2, 0) is 25.4 Å². The van der Waals surface area contributed by atoms with E-state index in [0.717, 1.165) is 13.0 Å². The zero-order chi connectivity index (χ0) is 28.2. The minimum absolute atomic E-state index is 0.0724. The van der Waals surface area contributed by atoms with Crippen molar-refractivity contribution in [2.24, 2.45) is 17.2 Å². The van der Waals surface area contributed by atoms with Gasteiger partial charge in [-0.1, -0.05) is 30.3 Å². The fourth-order valence-corrected chi connectivity index (χ4v) is 5.51. The molecule has 2 heterocycles. The largest absolute Gasteiger partial charge is 0.467 e. The van der Waals surface area contributed by atoms with E-state index in [1.165, 1.54) is 5.56 Å². The van der Waals surface area contributed by atoms with E-state index in [1.54, 1.807) is 14.0 Å². The maximum absolute atomic E-state index is 11.2. The Bertz CT molecular complexity index is 938. The molecule has 2 aliphatic heterocycles. The molecule has 12 nitrogen and oxygen atoms in total. The zero-order valence-corrected chi connectivity index (χ0v) is 22.7. The number of nitrogens with one attached hydrogen (secondary N) is 2. The minimum Gasteiger partial charge on any atom is -0.467 e. The van der Waals surface area contributed by atoms with Gasteiger partial charge in [0.1, 0.15) is 35.8 Å².